The number of alkyl halides is 3. The summed E-state index contributed by atoms with van der Waals surface area (Å²) in [4.78, 5) is 3.70. The Kier molecular flexibility index (Phi) is 3.75. The predicted octanol–water partition coefficient (Wildman–Crippen LogP) is 4.75. The van der Waals surface area contributed by atoms with Crippen LogP contribution in [0.15, 0.2) is 41.0 Å². The van der Waals surface area contributed by atoms with Gasteiger partial charge < -0.3 is 5.32 Å². The second-order valence-corrected chi connectivity index (χ2v) is 4.57. The third kappa shape index (κ3) is 3.23. The van der Waals surface area contributed by atoms with E-state index in [4.69, 9.17) is 0 Å². The SMILES string of the molecule is Fc1cc(Br)cnc1Nc1ccccc1C(F)(F)F. The van der Waals surface area contributed by atoms with Crippen LogP contribution in [0.3, 0.4) is 0 Å². The molecule has 0 aliphatic rings. The van der Waals surface area contributed by atoms with Gasteiger partial charge in [0.15, 0.2) is 11.6 Å². The fraction of sp³-hybridized carbons (Fsp3) is 0.0833. The van der Waals surface area contributed by atoms with Crippen molar-refractivity contribution in [2.75, 3.05) is 5.32 Å². The number of pyridine rings is 1. The summed E-state index contributed by atoms with van der Waals surface area (Å²) in [6.07, 6.45) is -3.23. The zero-order valence-corrected chi connectivity index (χ0v) is 10.9. The van der Waals surface area contributed by atoms with E-state index in [9.17, 15) is 17.6 Å². The van der Waals surface area contributed by atoms with E-state index in [0.29, 0.717) is 4.47 Å². The molecule has 1 heterocycles. The van der Waals surface area contributed by atoms with Gasteiger partial charge >= 0.3 is 6.18 Å². The van der Waals surface area contributed by atoms with Gasteiger partial charge in [0.05, 0.1) is 11.3 Å². The van der Waals surface area contributed by atoms with Crippen LogP contribution in [0.5, 0.6) is 0 Å². The van der Waals surface area contributed by atoms with Crippen LogP contribution in [-0.2, 0) is 6.18 Å². The van der Waals surface area contributed by atoms with E-state index in [1.165, 1.54) is 24.4 Å². The van der Waals surface area contributed by atoms with Gasteiger partial charge in [-0.15, -0.1) is 0 Å². The van der Waals surface area contributed by atoms with Crippen LogP contribution in [-0.4, -0.2) is 4.98 Å². The minimum atomic E-state index is -4.52. The van der Waals surface area contributed by atoms with Gasteiger partial charge in [-0.05, 0) is 34.1 Å². The molecular weight excluding hydrogens is 328 g/mol. The van der Waals surface area contributed by atoms with E-state index in [-0.39, 0.29) is 11.5 Å². The van der Waals surface area contributed by atoms with E-state index >= 15 is 0 Å². The number of aromatic nitrogens is 1. The molecule has 0 amide bonds. The highest BCUT2D eigenvalue weighted by Crippen LogP contribution is 2.35. The van der Waals surface area contributed by atoms with E-state index < -0.39 is 17.6 Å². The molecular formula is C12H7BrF4N2. The van der Waals surface area contributed by atoms with Crippen LogP contribution in [0, 0.1) is 5.82 Å². The van der Waals surface area contributed by atoms with Gasteiger partial charge in [-0.3, -0.25) is 0 Å². The number of rotatable bonds is 2. The first kappa shape index (κ1) is 13.8. The zero-order chi connectivity index (χ0) is 14.0. The summed E-state index contributed by atoms with van der Waals surface area (Å²) >= 11 is 3.02. The van der Waals surface area contributed by atoms with Crippen molar-refractivity contribution in [3.63, 3.8) is 0 Å². The summed E-state index contributed by atoms with van der Waals surface area (Å²) in [5, 5.41) is 2.35. The molecule has 2 rings (SSSR count). The van der Waals surface area contributed by atoms with E-state index in [1.807, 2.05) is 0 Å². The van der Waals surface area contributed by atoms with E-state index in [1.54, 1.807) is 0 Å². The van der Waals surface area contributed by atoms with Crippen molar-refractivity contribution in [1.82, 2.24) is 4.98 Å². The topological polar surface area (TPSA) is 24.9 Å². The van der Waals surface area contributed by atoms with Crippen molar-refractivity contribution >= 4 is 27.4 Å². The molecule has 0 aliphatic carbocycles. The molecule has 7 heteroatoms. The molecule has 0 unspecified atom stereocenters. The highest BCUT2D eigenvalue weighted by atomic mass is 79.9. The van der Waals surface area contributed by atoms with Crippen molar-refractivity contribution in [2.45, 2.75) is 6.18 Å². The molecule has 0 radical (unpaired) electrons. The number of anilines is 2. The molecule has 0 fully saturated rings. The smallest absolute Gasteiger partial charge is 0.337 e. The van der Waals surface area contributed by atoms with Crippen molar-refractivity contribution in [3.8, 4) is 0 Å². The molecule has 1 N–H and O–H groups in total. The number of hydrogen-bond donors (Lipinski definition) is 1. The Hall–Kier alpha value is -1.63. The first-order chi connectivity index (χ1) is 8.88. The zero-order valence-electron chi connectivity index (χ0n) is 9.30. The summed E-state index contributed by atoms with van der Waals surface area (Å²) in [5.41, 5.74) is -1.12. The lowest BCUT2D eigenvalue weighted by molar-refractivity contribution is -0.136. The number of nitrogens with one attached hydrogen (secondary N) is 1. The average Bonchev–Trinajstić information content (AvgIpc) is 2.32. The highest BCUT2D eigenvalue weighted by Gasteiger charge is 2.33. The molecule has 0 atom stereocenters. The first-order valence-electron chi connectivity index (χ1n) is 5.12. The Morgan fingerprint density at radius 3 is 2.47 bits per heavy atom. The van der Waals surface area contributed by atoms with Gasteiger partial charge in [-0.25, -0.2) is 9.37 Å². The maximum Gasteiger partial charge on any atom is 0.418 e. The molecule has 100 valence electrons. The van der Waals surface area contributed by atoms with Crippen LogP contribution in [0.25, 0.3) is 0 Å². The predicted molar refractivity (Wildman–Crippen MR) is 66.6 cm³/mol. The van der Waals surface area contributed by atoms with Gasteiger partial charge in [-0.2, -0.15) is 13.2 Å². The number of halogens is 5. The third-order valence-corrected chi connectivity index (χ3v) is 2.73. The number of nitrogens with zero attached hydrogens (tertiary/aromatic N) is 1. The van der Waals surface area contributed by atoms with Gasteiger partial charge in [0.1, 0.15) is 0 Å². The van der Waals surface area contributed by atoms with Gasteiger partial charge in [0.2, 0.25) is 0 Å². The average molecular weight is 335 g/mol. The Bertz CT molecular complexity index is 599. The molecule has 0 saturated carbocycles. The Morgan fingerprint density at radius 1 is 1.16 bits per heavy atom. The maximum atomic E-state index is 13.5. The molecule has 19 heavy (non-hydrogen) atoms. The van der Waals surface area contributed by atoms with Crippen LogP contribution >= 0.6 is 15.9 Å². The molecule has 0 bridgehead atoms. The van der Waals surface area contributed by atoms with Crippen molar-refractivity contribution < 1.29 is 17.6 Å². The third-order valence-electron chi connectivity index (χ3n) is 2.29. The normalized spacial score (nSPS) is 11.4. The quantitative estimate of drug-likeness (QED) is 0.802. The Morgan fingerprint density at radius 2 is 1.84 bits per heavy atom. The molecule has 0 spiro atoms. The Labute approximate surface area is 114 Å². The monoisotopic (exact) mass is 334 g/mol. The van der Waals surface area contributed by atoms with Crippen LogP contribution in [0.4, 0.5) is 29.1 Å². The second kappa shape index (κ2) is 5.16. The van der Waals surface area contributed by atoms with Crippen LogP contribution in [0.2, 0.25) is 0 Å². The summed E-state index contributed by atoms with van der Waals surface area (Å²) in [6.45, 7) is 0. The fourth-order valence-corrected chi connectivity index (χ4v) is 1.78. The summed E-state index contributed by atoms with van der Waals surface area (Å²) in [6, 6.07) is 5.93. The molecule has 0 aliphatic heterocycles. The Balaban J connectivity index is 2.39. The molecule has 0 saturated heterocycles. The lowest BCUT2D eigenvalue weighted by atomic mass is 10.1. The van der Waals surface area contributed by atoms with E-state index in [2.05, 4.69) is 26.2 Å². The van der Waals surface area contributed by atoms with Crippen molar-refractivity contribution in [3.05, 3.63) is 52.4 Å². The molecule has 2 aromatic rings. The number of hydrogen-bond acceptors (Lipinski definition) is 2. The maximum absolute atomic E-state index is 13.5. The van der Waals surface area contributed by atoms with E-state index in [0.717, 1.165) is 12.1 Å². The standard InChI is InChI=1S/C12H7BrF4N2/c13-7-5-9(14)11(18-6-7)19-10-4-2-1-3-8(10)12(15,16)17/h1-6H,(H,18,19). The lowest BCUT2D eigenvalue weighted by Crippen LogP contribution is -2.09. The fourth-order valence-electron chi connectivity index (χ4n) is 1.47. The van der Waals surface area contributed by atoms with Gasteiger partial charge in [0.25, 0.3) is 0 Å². The number of benzene rings is 1. The molecule has 1 aromatic heterocycles. The highest BCUT2D eigenvalue weighted by molar-refractivity contribution is 9.10. The van der Waals surface area contributed by atoms with Crippen molar-refractivity contribution in [2.24, 2.45) is 0 Å². The number of para-hydroxylation sites is 1. The minimum Gasteiger partial charge on any atom is -0.337 e. The van der Waals surface area contributed by atoms with Gasteiger partial charge in [-0.1, -0.05) is 12.1 Å². The van der Waals surface area contributed by atoms with Gasteiger partial charge in [0, 0.05) is 10.7 Å². The van der Waals surface area contributed by atoms with Crippen molar-refractivity contribution in [1.29, 1.82) is 0 Å². The minimum absolute atomic E-state index is 0.247. The summed E-state index contributed by atoms with van der Waals surface area (Å²) in [5.74, 6) is -1.01. The lowest BCUT2D eigenvalue weighted by Gasteiger charge is -2.14. The summed E-state index contributed by atoms with van der Waals surface area (Å²) < 4.78 is 52.2. The largest absolute Gasteiger partial charge is 0.418 e. The van der Waals surface area contributed by atoms with Crippen LogP contribution < -0.4 is 5.32 Å². The molecule has 1 aromatic carbocycles. The van der Waals surface area contributed by atoms with Crippen LogP contribution in [0.1, 0.15) is 5.56 Å². The summed E-state index contributed by atoms with van der Waals surface area (Å²) in [7, 11) is 0. The second-order valence-electron chi connectivity index (χ2n) is 3.65. The first-order valence-corrected chi connectivity index (χ1v) is 5.91. The molecule has 2 nitrogen and oxygen atoms in total.